The molecule has 1 aliphatic rings. The van der Waals surface area contributed by atoms with E-state index in [0.29, 0.717) is 12.3 Å². The van der Waals surface area contributed by atoms with Crippen LogP contribution in [-0.4, -0.2) is 12.6 Å². The van der Waals surface area contributed by atoms with Crippen molar-refractivity contribution in [1.29, 1.82) is 0 Å². The van der Waals surface area contributed by atoms with Gasteiger partial charge in [0.25, 0.3) is 0 Å². The Morgan fingerprint density at radius 2 is 2.25 bits per heavy atom. The zero-order chi connectivity index (χ0) is 11.5. The molecule has 3 heteroatoms. The summed E-state index contributed by atoms with van der Waals surface area (Å²) in [7, 11) is 0. The van der Waals surface area contributed by atoms with Crippen LogP contribution in [0.25, 0.3) is 0 Å². The molecule has 0 aliphatic heterocycles. The quantitative estimate of drug-likeness (QED) is 0.832. The molecule has 2 rings (SSSR count). The molecule has 16 heavy (non-hydrogen) atoms. The first kappa shape index (κ1) is 11.4. The predicted octanol–water partition coefficient (Wildman–Crippen LogP) is 2.50. The molecule has 1 fully saturated rings. The molecule has 88 valence electrons. The summed E-state index contributed by atoms with van der Waals surface area (Å²) < 4.78 is 18.8. The Hall–Kier alpha value is -1.09. The Kier molecular flexibility index (Phi) is 3.44. The van der Waals surface area contributed by atoms with E-state index in [0.717, 1.165) is 17.9 Å². The van der Waals surface area contributed by atoms with Crippen LogP contribution < -0.4 is 10.5 Å². The molecule has 1 aromatic carbocycles. The van der Waals surface area contributed by atoms with Crippen molar-refractivity contribution < 1.29 is 9.13 Å². The summed E-state index contributed by atoms with van der Waals surface area (Å²) in [4.78, 5) is 0. The maximum Gasteiger partial charge on any atom is 0.123 e. The summed E-state index contributed by atoms with van der Waals surface area (Å²) in [6.45, 7) is 2.66. The Labute approximate surface area is 95.6 Å². The summed E-state index contributed by atoms with van der Waals surface area (Å²) in [5, 5.41) is 0. The first-order chi connectivity index (χ1) is 7.65. The van der Waals surface area contributed by atoms with E-state index in [4.69, 9.17) is 10.5 Å². The van der Waals surface area contributed by atoms with E-state index in [1.165, 1.54) is 25.0 Å². The minimum Gasteiger partial charge on any atom is -0.493 e. The van der Waals surface area contributed by atoms with Gasteiger partial charge in [0, 0.05) is 6.04 Å². The number of ether oxygens (including phenoxy) is 1. The Bertz CT molecular complexity index is 361. The largest absolute Gasteiger partial charge is 0.493 e. The fourth-order valence-corrected chi connectivity index (χ4v) is 1.69. The van der Waals surface area contributed by atoms with Gasteiger partial charge in [-0.25, -0.2) is 4.39 Å². The van der Waals surface area contributed by atoms with Crippen molar-refractivity contribution in [3.05, 3.63) is 29.6 Å². The third-order valence-electron chi connectivity index (χ3n) is 2.74. The number of nitrogens with two attached hydrogens (primary N) is 1. The van der Waals surface area contributed by atoms with Crippen LogP contribution in [0.15, 0.2) is 18.2 Å². The van der Waals surface area contributed by atoms with Gasteiger partial charge in [0.15, 0.2) is 0 Å². The average molecular weight is 223 g/mol. The zero-order valence-corrected chi connectivity index (χ0v) is 9.58. The van der Waals surface area contributed by atoms with E-state index in [-0.39, 0.29) is 11.9 Å². The lowest BCUT2D eigenvalue weighted by Crippen LogP contribution is -2.18. The highest BCUT2D eigenvalue weighted by atomic mass is 19.1. The molecule has 2 N–H and O–H groups in total. The van der Waals surface area contributed by atoms with Crippen LogP contribution in [0.1, 0.15) is 25.3 Å². The monoisotopic (exact) mass is 223 g/mol. The molecule has 0 aromatic heterocycles. The summed E-state index contributed by atoms with van der Waals surface area (Å²) in [6.07, 6.45) is 3.16. The van der Waals surface area contributed by atoms with Crippen molar-refractivity contribution in [2.45, 2.75) is 32.2 Å². The van der Waals surface area contributed by atoms with Crippen LogP contribution in [0.3, 0.4) is 0 Å². The standard InChI is InChI=1S/C13H18FNO/c1-9(15)6-11-7-12(14)4-5-13(11)16-8-10-2-3-10/h4-5,7,9-10H,2-3,6,8,15H2,1H3. The number of hydrogen-bond donors (Lipinski definition) is 1. The molecule has 1 saturated carbocycles. The highest BCUT2D eigenvalue weighted by Crippen LogP contribution is 2.30. The molecule has 1 atom stereocenters. The maximum atomic E-state index is 13.1. The SMILES string of the molecule is CC(N)Cc1cc(F)ccc1OCC1CC1. The molecule has 0 radical (unpaired) electrons. The van der Waals surface area contributed by atoms with Crippen molar-refractivity contribution >= 4 is 0 Å². The van der Waals surface area contributed by atoms with Gasteiger partial charge >= 0.3 is 0 Å². The highest BCUT2D eigenvalue weighted by molar-refractivity contribution is 5.34. The van der Waals surface area contributed by atoms with Gasteiger partial charge in [-0.3, -0.25) is 0 Å². The van der Waals surface area contributed by atoms with Crippen molar-refractivity contribution in [2.75, 3.05) is 6.61 Å². The van der Waals surface area contributed by atoms with Crippen LogP contribution in [0.5, 0.6) is 5.75 Å². The average Bonchev–Trinajstić information content (AvgIpc) is 2.99. The molecule has 0 heterocycles. The first-order valence-corrected chi connectivity index (χ1v) is 5.82. The molecule has 0 bridgehead atoms. The van der Waals surface area contributed by atoms with Crippen molar-refractivity contribution in [1.82, 2.24) is 0 Å². The summed E-state index contributed by atoms with van der Waals surface area (Å²) in [5.74, 6) is 1.26. The van der Waals surface area contributed by atoms with Gasteiger partial charge in [0.1, 0.15) is 11.6 Å². The minimum atomic E-state index is -0.227. The van der Waals surface area contributed by atoms with Gasteiger partial charge < -0.3 is 10.5 Å². The van der Waals surface area contributed by atoms with Gasteiger partial charge in [0.05, 0.1) is 6.61 Å². The fraction of sp³-hybridized carbons (Fsp3) is 0.538. The van der Waals surface area contributed by atoms with E-state index in [2.05, 4.69) is 0 Å². The lowest BCUT2D eigenvalue weighted by atomic mass is 10.1. The van der Waals surface area contributed by atoms with Gasteiger partial charge in [-0.15, -0.1) is 0 Å². The fourth-order valence-electron chi connectivity index (χ4n) is 1.69. The molecule has 0 spiro atoms. The number of rotatable bonds is 5. The third-order valence-corrected chi connectivity index (χ3v) is 2.74. The topological polar surface area (TPSA) is 35.2 Å². The minimum absolute atomic E-state index is 0.0186. The number of halogens is 1. The zero-order valence-electron chi connectivity index (χ0n) is 9.58. The summed E-state index contributed by atoms with van der Waals surface area (Å²) in [6, 6.07) is 4.68. The second-order valence-corrected chi connectivity index (χ2v) is 4.69. The molecule has 1 aromatic rings. The molecule has 0 saturated heterocycles. The lowest BCUT2D eigenvalue weighted by Gasteiger charge is -2.13. The van der Waals surface area contributed by atoms with Gasteiger partial charge in [-0.2, -0.15) is 0 Å². The van der Waals surface area contributed by atoms with E-state index < -0.39 is 0 Å². The van der Waals surface area contributed by atoms with Crippen molar-refractivity contribution in [3.8, 4) is 5.75 Å². The molecule has 1 unspecified atom stereocenters. The maximum absolute atomic E-state index is 13.1. The van der Waals surface area contributed by atoms with Crippen LogP contribution >= 0.6 is 0 Å². The van der Waals surface area contributed by atoms with Crippen LogP contribution in [-0.2, 0) is 6.42 Å². The Morgan fingerprint density at radius 1 is 1.50 bits per heavy atom. The van der Waals surface area contributed by atoms with E-state index >= 15 is 0 Å². The van der Waals surface area contributed by atoms with Crippen LogP contribution in [0.2, 0.25) is 0 Å². The summed E-state index contributed by atoms with van der Waals surface area (Å²) in [5.41, 5.74) is 6.60. The molecule has 2 nitrogen and oxygen atoms in total. The predicted molar refractivity (Wildman–Crippen MR) is 62.0 cm³/mol. The normalized spacial score (nSPS) is 17.2. The van der Waals surface area contributed by atoms with Gasteiger partial charge in [0.2, 0.25) is 0 Å². The molecular formula is C13H18FNO. The van der Waals surface area contributed by atoms with Crippen LogP contribution in [0, 0.1) is 11.7 Å². The van der Waals surface area contributed by atoms with Crippen molar-refractivity contribution in [2.24, 2.45) is 11.7 Å². The molecular weight excluding hydrogens is 205 g/mol. The lowest BCUT2D eigenvalue weighted by molar-refractivity contribution is 0.296. The van der Waals surface area contributed by atoms with Gasteiger partial charge in [-0.05, 0) is 55.9 Å². The second-order valence-electron chi connectivity index (χ2n) is 4.69. The summed E-state index contributed by atoms with van der Waals surface area (Å²) >= 11 is 0. The highest BCUT2D eigenvalue weighted by Gasteiger charge is 2.22. The Balaban J connectivity index is 2.06. The second kappa shape index (κ2) is 4.83. The van der Waals surface area contributed by atoms with Gasteiger partial charge in [-0.1, -0.05) is 0 Å². The molecule has 1 aliphatic carbocycles. The number of benzene rings is 1. The Morgan fingerprint density at radius 3 is 2.88 bits per heavy atom. The van der Waals surface area contributed by atoms with E-state index in [1.54, 1.807) is 6.07 Å². The van der Waals surface area contributed by atoms with E-state index in [1.807, 2.05) is 6.92 Å². The smallest absolute Gasteiger partial charge is 0.123 e. The molecule has 0 amide bonds. The van der Waals surface area contributed by atoms with Crippen molar-refractivity contribution in [3.63, 3.8) is 0 Å². The van der Waals surface area contributed by atoms with Crippen LogP contribution in [0.4, 0.5) is 4.39 Å². The first-order valence-electron chi connectivity index (χ1n) is 5.82. The van der Waals surface area contributed by atoms with E-state index in [9.17, 15) is 4.39 Å². The third kappa shape index (κ3) is 3.20. The number of hydrogen-bond acceptors (Lipinski definition) is 2.